The highest BCUT2D eigenvalue weighted by atomic mass is 79.9. The normalized spacial score (nSPS) is 12.5. The highest BCUT2D eigenvalue weighted by Gasteiger charge is 2.24. The molecule has 0 heterocycles. The number of hydrogen-bond donors (Lipinski definition) is 1. The van der Waals surface area contributed by atoms with Gasteiger partial charge in [-0.2, -0.15) is 0 Å². The fourth-order valence-corrected chi connectivity index (χ4v) is 1.66. The molecule has 1 rings (SSSR count). The van der Waals surface area contributed by atoms with Gasteiger partial charge in [0.15, 0.2) is 0 Å². The number of carbonyl (C=O) groups is 2. The third-order valence-corrected chi connectivity index (χ3v) is 3.45. The molecule has 0 aromatic heterocycles. The SMILES string of the molecule is CCC(C)Oc1ccc(NC(=O)C(C)(C)Br)cc1C(=O)OC. The van der Waals surface area contributed by atoms with Crippen LogP contribution in [0.2, 0.25) is 0 Å². The molecule has 0 aliphatic heterocycles. The molecule has 0 spiro atoms. The largest absolute Gasteiger partial charge is 0.490 e. The summed E-state index contributed by atoms with van der Waals surface area (Å²) in [4.78, 5) is 23.9. The van der Waals surface area contributed by atoms with E-state index < -0.39 is 10.3 Å². The van der Waals surface area contributed by atoms with Crippen LogP contribution in [0.3, 0.4) is 0 Å². The van der Waals surface area contributed by atoms with Crippen LogP contribution < -0.4 is 10.1 Å². The van der Waals surface area contributed by atoms with E-state index in [9.17, 15) is 9.59 Å². The van der Waals surface area contributed by atoms with Crippen LogP contribution in [0.1, 0.15) is 44.5 Å². The fraction of sp³-hybridized carbons (Fsp3) is 0.500. The van der Waals surface area contributed by atoms with Crippen molar-refractivity contribution < 1.29 is 19.1 Å². The van der Waals surface area contributed by atoms with E-state index in [2.05, 4.69) is 21.2 Å². The van der Waals surface area contributed by atoms with Gasteiger partial charge in [-0.1, -0.05) is 22.9 Å². The molecular formula is C16H22BrNO4. The lowest BCUT2D eigenvalue weighted by Crippen LogP contribution is -2.31. The first-order valence-electron chi connectivity index (χ1n) is 7.08. The van der Waals surface area contributed by atoms with E-state index in [0.29, 0.717) is 11.4 Å². The van der Waals surface area contributed by atoms with Gasteiger partial charge in [0.05, 0.1) is 17.5 Å². The molecule has 1 unspecified atom stereocenters. The van der Waals surface area contributed by atoms with E-state index in [0.717, 1.165) is 6.42 Å². The summed E-state index contributed by atoms with van der Waals surface area (Å²) in [5, 5.41) is 2.75. The maximum absolute atomic E-state index is 12.0. The summed E-state index contributed by atoms with van der Waals surface area (Å²) in [5.41, 5.74) is 0.794. The van der Waals surface area contributed by atoms with E-state index in [1.54, 1.807) is 32.0 Å². The Bertz CT molecular complexity index is 552. The molecular weight excluding hydrogens is 350 g/mol. The van der Waals surface area contributed by atoms with Crippen molar-refractivity contribution in [1.29, 1.82) is 0 Å². The number of benzene rings is 1. The number of carbonyl (C=O) groups excluding carboxylic acids is 2. The number of halogens is 1. The predicted molar refractivity (Wildman–Crippen MR) is 89.8 cm³/mol. The maximum Gasteiger partial charge on any atom is 0.341 e. The molecule has 1 atom stereocenters. The van der Waals surface area contributed by atoms with E-state index >= 15 is 0 Å². The molecule has 22 heavy (non-hydrogen) atoms. The number of esters is 1. The number of alkyl halides is 1. The molecule has 6 heteroatoms. The van der Waals surface area contributed by atoms with Gasteiger partial charge in [0.1, 0.15) is 11.3 Å². The van der Waals surface area contributed by atoms with E-state index in [1.165, 1.54) is 7.11 Å². The molecule has 0 fully saturated rings. The van der Waals surface area contributed by atoms with Gasteiger partial charge in [-0.25, -0.2) is 4.79 Å². The van der Waals surface area contributed by atoms with Crippen molar-refractivity contribution in [2.75, 3.05) is 12.4 Å². The molecule has 122 valence electrons. The van der Waals surface area contributed by atoms with Crippen molar-refractivity contribution in [3.05, 3.63) is 23.8 Å². The van der Waals surface area contributed by atoms with Crippen LogP contribution >= 0.6 is 15.9 Å². The average molecular weight is 372 g/mol. The first-order chi connectivity index (χ1) is 10.2. The first kappa shape index (κ1) is 18.5. The number of ether oxygens (including phenoxy) is 2. The molecule has 1 aromatic rings. The van der Waals surface area contributed by atoms with Gasteiger partial charge in [-0.05, 0) is 45.4 Å². The molecule has 5 nitrogen and oxygen atoms in total. The van der Waals surface area contributed by atoms with Gasteiger partial charge in [0, 0.05) is 5.69 Å². The summed E-state index contributed by atoms with van der Waals surface area (Å²) in [6.07, 6.45) is 0.793. The summed E-state index contributed by atoms with van der Waals surface area (Å²) >= 11 is 3.29. The molecule has 0 bridgehead atoms. The van der Waals surface area contributed by atoms with Crippen LogP contribution in [-0.2, 0) is 9.53 Å². The summed E-state index contributed by atoms with van der Waals surface area (Å²) < 4.78 is 9.80. The molecule has 0 radical (unpaired) electrons. The van der Waals surface area contributed by atoms with Crippen molar-refractivity contribution in [2.24, 2.45) is 0 Å². The zero-order valence-corrected chi connectivity index (χ0v) is 15.1. The predicted octanol–water partition coefficient (Wildman–Crippen LogP) is 3.76. The summed E-state index contributed by atoms with van der Waals surface area (Å²) in [6.45, 7) is 7.40. The number of methoxy groups -OCH3 is 1. The monoisotopic (exact) mass is 371 g/mol. The molecule has 1 N–H and O–H groups in total. The Morgan fingerprint density at radius 1 is 1.36 bits per heavy atom. The van der Waals surface area contributed by atoms with Crippen LogP contribution in [0.4, 0.5) is 5.69 Å². The molecule has 1 aromatic carbocycles. The fourth-order valence-electron chi connectivity index (χ4n) is 1.56. The van der Waals surface area contributed by atoms with E-state index in [1.807, 2.05) is 13.8 Å². The highest BCUT2D eigenvalue weighted by molar-refractivity contribution is 9.10. The van der Waals surface area contributed by atoms with Crippen LogP contribution in [0, 0.1) is 0 Å². The first-order valence-corrected chi connectivity index (χ1v) is 7.87. The smallest absolute Gasteiger partial charge is 0.341 e. The zero-order chi connectivity index (χ0) is 16.9. The summed E-state index contributed by atoms with van der Waals surface area (Å²) in [5.74, 6) is -0.274. The van der Waals surface area contributed by atoms with Crippen molar-refractivity contribution in [1.82, 2.24) is 0 Å². The Hall–Kier alpha value is -1.56. The number of nitrogens with one attached hydrogen (secondary N) is 1. The molecule has 1 amide bonds. The van der Waals surface area contributed by atoms with Gasteiger partial charge in [-0.15, -0.1) is 0 Å². The van der Waals surface area contributed by atoms with Crippen LogP contribution in [-0.4, -0.2) is 29.4 Å². The van der Waals surface area contributed by atoms with Crippen molar-refractivity contribution >= 4 is 33.5 Å². The highest BCUT2D eigenvalue weighted by Crippen LogP contribution is 2.26. The van der Waals surface area contributed by atoms with Gasteiger partial charge < -0.3 is 14.8 Å². The molecule has 0 saturated heterocycles. The Morgan fingerprint density at radius 2 is 2.00 bits per heavy atom. The minimum atomic E-state index is -0.704. The average Bonchev–Trinajstić information content (AvgIpc) is 2.46. The summed E-state index contributed by atoms with van der Waals surface area (Å²) in [6, 6.07) is 4.91. The van der Waals surface area contributed by atoms with Crippen LogP contribution in [0.5, 0.6) is 5.75 Å². The summed E-state index contributed by atoms with van der Waals surface area (Å²) in [7, 11) is 1.31. The number of rotatable bonds is 6. The van der Waals surface area contributed by atoms with Gasteiger partial charge >= 0.3 is 5.97 Å². The number of amides is 1. The molecule has 0 aliphatic rings. The maximum atomic E-state index is 12.0. The number of anilines is 1. The third kappa shape index (κ3) is 5.02. The minimum Gasteiger partial charge on any atom is -0.490 e. The molecule has 0 saturated carbocycles. The molecule has 0 aliphatic carbocycles. The van der Waals surface area contributed by atoms with Gasteiger partial charge in [-0.3, -0.25) is 4.79 Å². The van der Waals surface area contributed by atoms with Crippen LogP contribution in [0.25, 0.3) is 0 Å². The second-order valence-corrected chi connectivity index (χ2v) is 7.45. The Morgan fingerprint density at radius 3 is 2.50 bits per heavy atom. The Kier molecular flexibility index (Phi) is 6.41. The number of hydrogen-bond acceptors (Lipinski definition) is 4. The van der Waals surface area contributed by atoms with Crippen molar-refractivity contribution in [3.8, 4) is 5.75 Å². The Balaban J connectivity index is 3.09. The lowest BCUT2D eigenvalue weighted by molar-refractivity contribution is -0.117. The lowest BCUT2D eigenvalue weighted by atomic mass is 10.1. The van der Waals surface area contributed by atoms with Crippen molar-refractivity contribution in [3.63, 3.8) is 0 Å². The quantitative estimate of drug-likeness (QED) is 0.610. The second kappa shape index (κ2) is 7.63. The minimum absolute atomic E-state index is 0.0228. The Labute approximate surface area is 139 Å². The van der Waals surface area contributed by atoms with Gasteiger partial charge in [0.2, 0.25) is 5.91 Å². The van der Waals surface area contributed by atoms with Gasteiger partial charge in [0.25, 0.3) is 0 Å². The van der Waals surface area contributed by atoms with E-state index in [4.69, 9.17) is 9.47 Å². The van der Waals surface area contributed by atoms with Crippen molar-refractivity contribution in [2.45, 2.75) is 44.5 Å². The second-order valence-electron chi connectivity index (χ2n) is 5.47. The van der Waals surface area contributed by atoms with Crippen LogP contribution in [0.15, 0.2) is 18.2 Å². The standard InChI is InChI=1S/C16H22BrNO4/c1-6-10(2)22-13-8-7-11(9-12(13)14(19)21-5)18-15(20)16(3,4)17/h7-10H,6H2,1-5H3,(H,18,20). The third-order valence-electron chi connectivity index (χ3n) is 3.09. The zero-order valence-electron chi connectivity index (χ0n) is 13.5. The lowest BCUT2D eigenvalue weighted by Gasteiger charge is -2.18. The van der Waals surface area contributed by atoms with E-state index in [-0.39, 0.29) is 17.6 Å². The topological polar surface area (TPSA) is 64.6 Å².